The number of hydrogen-bond donors (Lipinski definition) is 0. The zero-order chi connectivity index (χ0) is 19.0. The molecule has 1 saturated carbocycles. The highest BCUT2D eigenvalue weighted by molar-refractivity contribution is 6.16. The van der Waals surface area contributed by atoms with Gasteiger partial charge in [0, 0.05) is 23.7 Å². The highest BCUT2D eigenvalue weighted by Gasteiger charge is 2.49. The average Bonchev–Trinajstić information content (AvgIpc) is 3.40. The lowest BCUT2D eigenvalue weighted by atomic mass is 9.87. The number of carbonyl (C=O) groups is 2. The van der Waals surface area contributed by atoms with Gasteiger partial charge < -0.3 is 19.1 Å². The second-order valence-corrected chi connectivity index (χ2v) is 7.39. The lowest BCUT2D eigenvalue weighted by molar-refractivity contribution is -0.203. The van der Waals surface area contributed by atoms with Crippen LogP contribution < -0.4 is 4.90 Å². The second-order valence-electron chi connectivity index (χ2n) is 7.39. The zero-order valence-electron chi connectivity index (χ0n) is 16.0. The molecular weight excluding hydrogens is 346 g/mol. The van der Waals surface area contributed by atoms with Gasteiger partial charge >= 0.3 is 5.97 Å². The van der Waals surface area contributed by atoms with Gasteiger partial charge in [0.25, 0.3) is 0 Å². The van der Waals surface area contributed by atoms with Gasteiger partial charge in [0.15, 0.2) is 11.7 Å². The third-order valence-corrected chi connectivity index (χ3v) is 5.99. The van der Waals surface area contributed by atoms with E-state index in [-0.39, 0.29) is 12.5 Å². The van der Waals surface area contributed by atoms with Gasteiger partial charge in [-0.1, -0.05) is 18.9 Å². The first kappa shape index (κ1) is 18.4. The Morgan fingerprint density at radius 1 is 1.22 bits per heavy atom. The largest absolute Gasteiger partial charge is 0.465 e. The summed E-state index contributed by atoms with van der Waals surface area (Å²) >= 11 is 0. The number of anilines is 1. The molecule has 3 aliphatic rings. The monoisotopic (exact) mass is 373 g/mol. The first-order valence-electron chi connectivity index (χ1n) is 10.0. The van der Waals surface area contributed by atoms with Crippen molar-refractivity contribution in [2.45, 2.75) is 51.2 Å². The van der Waals surface area contributed by atoms with Gasteiger partial charge in [0.1, 0.15) is 0 Å². The van der Waals surface area contributed by atoms with E-state index in [1.165, 1.54) is 12.8 Å². The zero-order valence-corrected chi connectivity index (χ0v) is 16.0. The first-order chi connectivity index (χ1) is 13.1. The minimum atomic E-state index is -0.901. The number of rotatable bonds is 5. The van der Waals surface area contributed by atoms with Crippen molar-refractivity contribution in [3.8, 4) is 0 Å². The van der Waals surface area contributed by atoms with Crippen LogP contribution in [-0.2, 0) is 29.6 Å². The van der Waals surface area contributed by atoms with Crippen LogP contribution in [-0.4, -0.2) is 38.2 Å². The maximum atomic E-state index is 12.8. The molecule has 2 aliphatic heterocycles. The summed E-state index contributed by atoms with van der Waals surface area (Å²) in [5, 5.41) is 0. The van der Waals surface area contributed by atoms with Gasteiger partial charge in [0.2, 0.25) is 5.91 Å². The minimum Gasteiger partial charge on any atom is -0.465 e. The molecule has 1 aromatic carbocycles. The number of benzene rings is 1. The van der Waals surface area contributed by atoms with Crippen molar-refractivity contribution in [3.63, 3.8) is 0 Å². The van der Waals surface area contributed by atoms with Crippen LogP contribution in [0.2, 0.25) is 0 Å². The van der Waals surface area contributed by atoms with Gasteiger partial charge in [-0.2, -0.15) is 0 Å². The van der Waals surface area contributed by atoms with Crippen molar-refractivity contribution in [3.05, 3.63) is 29.3 Å². The quantitative estimate of drug-likeness (QED) is 0.586. The number of esters is 1. The molecule has 6 nitrogen and oxygen atoms in total. The Kier molecular flexibility index (Phi) is 4.95. The highest BCUT2D eigenvalue weighted by atomic mass is 16.7. The second kappa shape index (κ2) is 7.24. The predicted octanol–water partition coefficient (Wildman–Crippen LogP) is 3.09. The first-order valence-corrected chi connectivity index (χ1v) is 10.0. The van der Waals surface area contributed by atoms with Crippen molar-refractivity contribution in [1.82, 2.24) is 0 Å². The topological polar surface area (TPSA) is 65.1 Å². The van der Waals surface area contributed by atoms with Gasteiger partial charge in [-0.3, -0.25) is 9.59 Å². The fourth-order valence-electron chi connectivity index (χ4n) is 4.81. The smallest absolute Gasteiger partial charge is 0.323 e. The summed E-state index contributed by atoms with van der Waals surface area (Å²) in [6, 6.07) is 5.85. The summed E-state index contributed by atoms with van der Waals surface area (Å²) in [4.78, 5) is 27.0. The summed E-state index contributed by atoms with van der Waals surface area (Å²) in [5.74, 6) is -2.06. The lowest BCUT2D eigenvalue weighted by Gasteiger charge is -2.34. The van der Waals surface area contributed by atoms with Gasteiger partial charge in [0.05, 0.1) is 19.8 Å². The van der Waals surface area contributed by atoms with E-state index in [1.54, 1.807) is 11.8 Å². The van der Waals surface area contributed by atoms with Gasteiger partial charge in [-0.25, -0.2) is 0 Å². The number of likely N-dealkylation sites (N-methyl/N-ethyl adjacent to an activating group) is 1. The molecule has 27 heavy (non-hydrogen) atoms. The molecule has 2 heterocycles. The SMILES string of the molecule is CCOC(=O)C1C(=O)N(CC)c2ccc(C3(C4CCCC4)OCCO3)cc21. The van der Waals surface area contributed by atoms with Crippen LogP contribution >= 0.6 is 0 Å². The Morgan fingerprint density at radius 2 is 1.93 bits per heavy atom. The fraction of sp³-hybridized carbons (Fsp3) is 0.619. The van der Waals surface area contributed by atoms with Gasteiger partial charge in [-0.15, -0.1) is 0 Å². The normalized spacial score (nSPS) is 24.4. The number of hydrogen-bond acceptors (Lipinski definition) is 5. The summed E-state index contributed by atoms with van der Waals surface area (Å²) in [6.07, 6.45) is 4.49. The highest BCUT2D eigenvalue weighted by Crippen LogP contribution is 2.48. The molecule has 1 atom stereocenters. The number of nitrogens with zero attached hydrogens (tertiary/aromatic N) is 1. The van der Waals surface area contributed by atoms with Crippen LogP contribution in [0.3, 0.4) is 0 Å². The molecule has 0 N–H and O–H groups in total. The van der Waals surface area contributed by atoms with Gasteiger partial charge in [-0.05, 0) is 44.4 Å². The van der Waals surface area contributed by atoms with E-state index in [1.807, 2.05) is 25.1 Å². The Morgan fingerprint density at radius 3 is 2.56 bits per heavy atom. The molecular formula is C21H27NO5. The standard InChI is InChI=1S/C21H27NO5/c1-3-22-17-10-9-15(13-16(17)18(19(22)23)20(24)25-4-2)21(26-11-12-27-21)14-7-5-6-8-14/h9-10,13-14,18H,3-8,11-12H2,1-2H3. The number of amides is 1. The number of ether oxygens (including phenoxy) is 3. The molecule has 146 valence electrons. The van der Waals surface area contributed by atoms with Crippen molar-refractivity contribution in [1.29, 1.82) is 0 Å². The summed E-state index contributed by atoms with van der Waals surface area (Å²) in [5.41, 5.74) is 2.39. The van der Waals surface area contributed by atoms with Crippen molar-refractivity contribution in [2.24, 2.45) is 5.92 Å². The van der Waals surface area contributed by atoms with Crippen LogP contribution in [0.25, 0.3) is 0 Å². The molecule has 0 radical (unpaired) electrons. The summed E-state index contributed by atoms with van der Waals surface area (Å²) in [6.45, 7) is 5.56. The van der Waals surface area contributed by atoms with Crippen LogP contribution in [0.5, 0.6) is 0 Å². The molecule has 1 amide bonds. The summed E-state index contributed by atoms with van der Waals surface area (Å²) in [7, 11) is 0. The number of carbonyl (C=O) groups excluding carboxylic acids is 2. The fourth-order valence-corrected chi connectivity index (χ4v) is 4.81. The van der Waals surface area contributed by atoms with E-state index in [0.717, 1.165) is 24.1 Å². The van der Waals surface area contributed by atoms with Crippen LogP contribution in [0.4, 0.5) is 5.69 Å². The average molecular weight is 373 g/mol. The third-order valence-electron chi connectivity index (χ3n) is 5.99. The van der Waals surface area contributed by atoms with E-state index in [0.29, 0.717) is 31.2 Å². The molecule has 0 aromatic heterocycles. The Bertz CT molecular complexity index is 734. The Balaban J connectivity index is 1.77. The lowest BCUT2D eigenvalue weighted by Crippen LogP contribution is -2.35. The maximum Gasteiger partial charge on any atom is 0.323 e. The Labute approximate surface area is 159 Å². The summed E-state index contributed by atoms with van der Waals surface area (Å²) < 4.78 is 17.5. The number of fused-ring (bicyclic) bond motifs is 1. The van der Waals surface area contributed by atoms with E-state index in [2.05, 4.69) is 0 Å². The van der Waals surface area contributed by atoms with E-state index >= 15 is 0 Å². The molecule has 0 bridgehead atoms. The molecule has 2 fully saturated rings. The molecule has 1 aliphatic carbocycles. The molecule has 1 unspecified atom stereocenters. The maximum absolute atomic E-state index is 12.8. The van der Waals surface area contributed by atoms with Crippen molar-refractivity contribution < 1.29 is 23.8 Å². The Hall–Kier alpha value is -1.92. The minimum absolute atomic E-state index is 0.216. The third kappa shape index (κ3) is 2.86. The molecule has 4 rings (SSSR count). The van der Waals surface area contributed by atoms with E-state index in [9.17, 15) is 9.59 Å². The van der Waals surface area contributed by atoms with Crippen LogP contribution in [0.1, 0.15) is 56.6 Å². The predicted molar refractivity (Wildman–Crippen MR) is 99.4 cm³/mol. The van der Waals surface area contributed by atoms with Crippen LogP contribution in [0.15, 0.2) is 18.2 Å². The van der Waals surface area contributed by atoms with Crippen LogP contribution in [0, 0.1) is 5.92 Å². The molecule has 1 aromatic rings. The van der Waals surface area contributed by atoms with Crippen molar-refractivity contribution in [2.75, 3.05) is 31.3 Å². The van der Waals surface area contributed by atoms with E-state index < -0.39 is 17.7 Å². The van der Waals surface area contributed by atoms with Crippen molar-refractivity contribution >= 4 is 17.6 Å². The molecule has 6 heteroatoms. The van der Waals surface area contributed by atoms with E-state index in [4.69, 9.17) is 14.2 Å². The molecule has 0 spiro atoms. The molecule has 1 saturated heterocycles.